The minimum atomic E-state index is -0.404. The summed E-state index contributed by atoms with van der Waals surface area (Å²) in [7, 11) is 5.23. The summed E-state index contributed by atoms with van der Waals surface area (Å²) < 4.78 is 19.2. The number of aromatic nitrogens is 2. The molecular formula is C18H23FN4O2. The Labute approximate surface area is 146 Å². The number of hydrogen-bond donors (Lipinski definition) is 2. The van der Waals surface area contributed by atoms with Crippen molar-refractivity contribution >= 4 is 11.6 Å². The summed E-state index contributed by atoms with van der Waals surface area (Å²) in [5, 5.41) is 13.1. The van der Waals surface area contributed by atoms with Crippen LogP contribution in [0.4, 0.5) is 16.0 Å². The van der Waals surface area contributed by atoms with Gasteiger partial charge in [0.2, 0.25) is 0 Å². The molecule has 0 radical (unpaired) electrons. The third-order valence-electron chi connectivity index (χ3n) is 4.55. The van der Waals surface area contributed by atoms with Gasteiger partial charge < -0.3 is 20.1 Å². The Morgan fingerprint density at radius 3 is 2.60 bits per heavy atom. The van der Waals surface area contributed by atoms with Crippen LogP contribution in [0.1, 0.15) is 24.4 Å². The van der Waals surface area contributed by atoms with Crippen LogP contribution in [-0.4, -0.2) is 42.4 Å². The molecule has 1 aromatic heterocycles. The van der Waals surface area contributed by atoms with E-state index >= 15 is 0 Å². The second kappa shape index (κ2) is 7.23. The van der Waals surface area contributed by atoms with Gasteiger partial charge in [-0.1, -0.05) is 6.07 Å². The van der Waals surface area contributed by atoms with Gasteiger partial charge in [0.05, 0.1) is 19.3 Å². The number of nitrogens with zero attached hydrogens (tertiary/aromatic N) is 3. The SMILES string of the molecule is COc1ccc([C@@H](Nc2nccnc2N(C)C)C2CC(O)C2)cc1F. The lowest BCUT2D eigenvalue weighted by molar-refractivity contribution is 0.0339. The van der Waals surface area contributed by atoms with E-state index in [0.29, 0.717) is 24.5 Å². The predicted octanol–water partition coefficient (Wildman–Crippen LogP) is 2.61. The van der Waals surface area contributed by atoms with Crippen molar-refractivity contribution in [2.24, 2.45) is 5.92 Å². The lowest BCUT2D eigenvalue weighted by atomic mass is 9.75. The number of benzene rings is 1. The first-order valence-electron chi connectivity index (χ1n) is 8.26. The van der Waals surface area contributed by atoms with E-state index in [1.54, 1.807) is 18.5 Å². The molecule has 1 heterocycles. The Morgan fingerprint density at radius 2 is 2.00 bits per heavy atom. The van der Waals surface area contributed by atoms with Gasteiger partial charge >= 0.3 is 0 Å². The molecule has 6 nitrogen and oxygen atoms in total. The maximum atomic E-state index is 14.2. The van der Waals surface area contributed by atoms with Gasteiger partial charge in [0.25, 0.3) is 0 Å². The number of rotatable bonds is 6. The van der Waals surface area contributed by atoms with E-state index < -0.39 is 5.82 Å². The molecule has 0 aliphatic heterocycles. The first-order valence-corrected chi connectivity index (χ1v) is 8.26. The molecule has 1 aromatic carbocycles. The van der Waals surface area contributed by atoms with Crippen molar-refractivity contribution in [1.29, 1.82) is 0 Å². The third kappa shape index (κ3) is 3.66. The molecule has 3 rings (SSSR count). The van der Waals surface area contributed by atoms with Crippen LogP contribution in [-0.2, 0) is 0 Å². The zero-order valence-corrected chi connectivity index (χ0v) is 14.6. The van der Waals surface area contributed by atoms with Crippen molar-refractivity contribution in [2.45, 2.75) is 25.0 Å². The molecule has 134 valence electrons. The number of ether oxygens (including phenoxy) is 1. The van der Waals surface area contributed by atoms with E-state index in [9.17, 15) is 9.50 Å². The van der Waals surface area contributed by atoms with Crippen LogP contribution in [0.2, 0.25) is 0 Å². The first kappa shape index (κ1) is 17.4. The van der Waals surface area contributed by atoms with Crippen molar-refractivity contribution in [2.75, 3.05) is 31.4 Å². The van der Waals surface area contributed by atoms with Crippen LogP contribution in [0.15, 0.2) is 30.6 Å². The smallest absolute Gasteiger partial charge is 0.171 e. The summed E-state index contributed by atoms with van der Waals surface area (Å²) in [6.45, 7) is 0. The van der Waals surface area contributed by atoms with Gasteiger partial charge in [0, 0.05) is 26.5 Å². The Bertz CT molecular complexity index is 735. The fourth-order valence-electron chi connectivity index (χ4n) is 3.16. The second-order valence-electron chi connectivity index (χ2n) is 6.52. The summed E-state index contributed by atoms with van der Waals surface area (Å²) in [6.07, 6.45) is 4.30. The highest BCUT2D eigenvalue weighted by Gasteiger charge is 2.35. The number of methoxy groups -OCH3 is 1. The molecular weight excluding hydrogens is 323 g/mol. The molecule has 0 spiro atoms. The summed E-state index contributed by atoms with van der Waals surface area (Å²) >= 11 is 0. The molecule has 0 unspecified atom stereocenters. The number of hydrogen-bond acceptors (Lipinski definition) is 6. The topological polar surface area (TPSA) is 70.5 Å². The predicted molar refractivity (Wildman–Crippen MR) is 94.4 cm³/mol. The number of halogens is 1. The van der Waals surface area contributed by atoms with E-state index in [1.807, 2.05) is 25.1 Å². The number of aliphatic hydroxyl groups is 1. The fraction of sp³-hybridized carbons (Fsp3) is 0.444. The highest BCUT2D eigenvalue weighted by molar-refractivity contribution is 5.60. The number of nitrogens with one attached hydrogen (secondary N) is 1. The molecule has 2 N–H and O–H groups in total. The van der Waals surface area contributed by atoms with Crippen molar-refractivity contribution in [3.05, 3.63) is 42.0 Å². The number of aliphatic hydroxyl groups excluding tert-OH is 1. The van der Waals surface area contributed by atoms with Crippen molar-refractivity contribution in [3.63, 3.8) is 0 Å². The summed E-state index contributed by atoms with van der Waals surface area (Å²) in [5.41, 5.74) is 0.797. The lowest BCUT2D eigenvalue weighted by Crippen LogP contribution is -2.36. The Hall–Kier alpha value is -2.41. The molecule has 7 heteroatoms. The third-order valence-corrected chi connectivity index (χ3v) is 4.55. The van der Waals surface area contributed by atoms with Gasteiger partial charge in [0.1, 0.15) is 0 Å². The van der Waals surface area contributed by atoms with E-state index in [0.717, 1.165) is 5.56 Å². The van der Waals surface area contributed by atoms with Gasteiger partial charge in [-0.15, -0.1) is 0 Å². The second-order valence-corrected chi connectivity index (χ2v) is 6.52. The van der Waals surface area contributed by atoms with Gasteiger partial charge in [-0.05, 0) is 36.5 Å². The minimum absolute atomic E-state index is 0.167. The Balaban J connectivity index is 1.92. The zero-order chi connectivity index (χ0) is 18.0. The molecule has 2 aromatic rings. The largest absolute Gasteiger partial charge is 0.494 e. The van der Waals surface area contributed by atoms with Crippen LogP contribution in [0.25, 0.3) is 0 Å². The molecule has 0 amide bonds. The average Bonchev–Trinajstić information content (AvgIpc) is 2.57. The van der Waals surface area contributed by atoms with E-state index in [-0.39, 0.29) is 23.8 Å². The Morgan fingerprint density at radius 1 is 1.28 bits per heavy atom. The maximum absolute atomic E-state index is 14.2. The van der Waals surface area contributed by atoms with Crippen LogP contribution in [0.5, 0.6) is 5.75 Å². The Kier molecular flexibility index (Phi) is 5.03. The molecule has 1 atom stereocenters. The number of anilines is 2. The molecule has 1 aliphatic carbocycles. The van der Waals surface area contributed by atoms with Crippen LogP contribution in [0, 0.1) is 11.7 Å². The van der Waals surface area contributed by atoms with Gasteiger partial charge in [-0.25, -0.2) is 14.4 Å². The van der Waals surface area contributed by atoms with E-state index in [4.69, 9.17) is 4.74 Å². The quantitative estimate of drug-likeness (QED) is 0.838. The normalized spacial score (nSPS) is 20.5. The molecule has 1 saturated carbocycles. The molecule has 0 bridgehead atoms. The monoisotopic (exact) mass is 346 g/mol. The maximum Gasteiger partial charge on any atom is 0.171 e. The fourth-order valence-corrected chi connectivity index (χ4v) is 3.16. The van der Waals surface area contributed by atoms with Gasteiger partial charge in [-0.3, -0.25) is 0 Å². The zero-order valence-electron chi connectivity index (χ0n) is 14.6. The van der Waals surface area contributed by atoms with E-state index in [1.165, 1.54) is 13.2 Å². The minimum Gasteiger partial charge on any atom is -0.494 e. The highest BCUT2D eigenvalue weighted by atomic mass is 19.1. The van der Waals surface area contributed by atoms with Crippen LogP contribution in [0.3, 0.4) is 0 Å². The van der Waals surface area contributed by atoms with Crippen LogP contribution < -0.4 is 15.0 Å². The van der Waals surface area contributed by atoms with Gasteiger partial charge in [-0.2, -0.15) is 0 Å². The average molecular weight is 346 g/mol. The van der Waals surface area contributed by atoms with Crippen molar-refractivity contribution in [1.82, 2.24) is 9.97 Å². The molecule has 25 heavy (non-hydrogen) atoms. The lowest BCUT2D eigenvalue weighted by Gasteiger charge is -2.39. The summed E-state index contributed by atoms with van der Waals surface area (Å²) in [4.78, 5) is 10.6. The highest BCUT2D eigenvalue weighted by Crippen LogP contribution is 2.41. The molecule has 0 saturated heterocycles. The van der Waals surface area contributed by atoms with E-state index in [2.05, 4.69) is 15.3 Å². The summed E-state index contributed by atoms with van der Waals surface area (Å²) in [6, 6.07) is 4.78. The molecule has 1 fully saturated rings. The molecule has 1 aliphatic rings. The van der Waals surface area contributed by atoms with Crippen LogP contribution >= 0.6 is 0 Å². The first-order chi connectivity index (χ1) is 12.0. The standard InChI is InChI=1S/C18H23FN4O2/c1-23(2)18-17(20-6-7-21-18)22-16(12-8-13(24)9-12)11-4-5-15(25-3)14(19)10-11/h4-7,10,12-13,16,24H,8-9H2,1-3H3,(H,20,22)/t12?,13?,16-/m1/s1. The van der Waals surface area contributed by atoms with Crippen molar-refractivity contribution in [3.8, 4) is 5.75 Å². The van der Waals surface area contributed by atoms with Crippen molar-refractivity contribution < 1.29 is 14.2 Å². The summed E-state index contributed by atoms with van der Waals surface area (Å²) in [5.74, 6) is 1.35. The van der Waals surface area contributed by atoms with Gasteiger partial charge in [0.15, 0.2) is 23.2 Å².